The first-order chi connectivity index (χ1) is 12.0. The summed E-state index contributed by atoms with van der Waals surface area (Å²) in [6, 6.07) is 12.4. The number of benzene rings is 2. The first-order valence-corrected chi connectivity index (χ1v) is 7.96. The molecule has 1 unspecified atom stereocenters. The lowest BCUT2D eigenvalue weighted by molar-refractivity contribution is -0.121. The molecule has 0 aliphatic carbocycles. The second-order valence-electron chi connectivity index (χ2n) is 5.65. The number of carboxylic acid groups (broad SMARTS) is 1. The minimum atomic E-state index is -1.01. The maximum atomic E-state index is 13.1. The molecule has 1 amide bonds. The van der Waals surface area contributed by atoms with Crippen molar-refractivity contribution in [1.82, 2.24) is 5.32 Å². The fraction of sp³-hybridized carbons (Fsp3) is 0.263. The maximum Gasteiger partial charge on any atom is 0.335 e. The average molecular weight is 345 g/mol. The highest BCUT2D eigenvalue weighted by atomic mass is 19.1. The van der Waals surface area contributed by atoms with E-state index in [-0.39, 0.29) is 36.4 Å². The molecule has 5 nitrogen and oxygen atoms in total. The molecule has 2 aromatic carbocycles. The maximum absolute atomic E-state index is 13.1. The van der Waals surface area contributed by atoms with Gasteiger partial charge in [-0.15, -0.1) is 0 Å². The molecular weight excluding hydrogens is 325 g/mol. The number of ether oxygens (including phenoxy) is 1. The van der Waals surface area contributed by atoms with E-state index in [0.717, 1.165) is 0 Å². The number of carboxylic acids is 1. The lowest BCUT2D eigenvalue weighted by Crippen LogP contribution is -2.33. The van der Waals surface area contributed by atoms with E-state index in [0.29, 0.717) is 17.7 Å². The van der Waals surface area contributed by atoms with E-state index in [1.54, 1.807) is 37.3 Å². The van der Waals surface area contributed by atoms with Gasteiger partial charge >= 0.3 is 5.97 Å². The van der Waals surface area contributed by atoms with Gasteiger partial charge in [-0.05, 0) is 37.1 Å². The average Bonchev–Trinajstić information content (AvgIpc) is 2.58. The number of carbonyl (C=O) groups excluding carboxylic acids is 1. The number of nitrogens with one attached hydrogen (secondary N) is 1. The summed E-state index contributed by atoms with van der Waals surface area (Å²) in [6.45, 7) is 2.04. The summed E-state index contributed by atoms with van der Waals surface area (Å²) >= 11 is 0. The van der Waals surface area contributed by atoms with Crippen LogP contribution in [0.2, 0.25) is 0 Å². The topological polar surface area (TPSA) is 75.6 Å². The summed E-state index contributed by atoms with van der Waals surface area (Å²) in [5.74, 6) is -1.19. The van der Waals surface area contributed by atoms with Gasteiger partial charge in [0.15, 0.2) is 0 Å². The number of carbonyl (C=O) groups is 2. The van der Waals surface area contributed by atoms with Crippen LogP contribution in [0.1, 0.15) is 29.3 Å². The molecular formula is C19H20FNO4. The Bertz CT molecular complexity index is 748. The predicted octanol–water partition coefficient (Wildman–Crippen LogP) is 3.04. The largest absolute Gasteiger partial charge is 0.489 e. The van der Waals surface area contributed by atoms with E-state index in [4.69, 9.17) is 9.84 Å². The zero-order valence-corrected chi connectivity index (χ0v) is 13.9. The molecule has 0 aliphatic rings. The molecule has 0 heterocycles. The van der Waals surface area contributed by atoms with Crippen molar-refractivity contribution in [2.75, 3.05) is 6.54 Å². The van der Waals surface area contributed by atoms with Gasteiger partial charge in [0.25, 0.3) is 0 Å². The van der Waals surface area contributed by atoms with Crippen molar-refractivity contribution < 1.29 is 23.8 Å². The number of aryl methyl sites for hydroxylation is 1. The normalized spacial score (nSPS) is 11.6. The molecule has 6 heteroatoms. The van der Waals surface area contributed by atoms with Crippen molar-refractivity contribution in [1.29, 1.82) is 0 Å². The molecule has 25 heavy (non-hydrogen) atoms. The molecule has 0 spiro atoms. The van der Waals surface area contributed by atoms with Crippen LogP contribution >= 0.6 is 0 Å². The van der Waals surface area contributed by atoms with Gasteiger partial charge in [0.05, 0.1) is 12.1 Å². The number of aromatic carboxylic acids is 1. The van der Waals surface area contributed by atoms with Gasteiger partial charge in [0.2, 0.25) is 5.91 Å². The first kappa shape index (κ1) is 18.4. The monoisotopic (exact) mass is 345 g/mol. The van der Waals surface area contributed by atoms with Crippen LogP contribution in [0.4, 0.5) is 4.39 Å². The van der Waals surface area contributed by atoms with Gasteiger partial charge in [0, 0.05) is 12.5 Å². The molecule has 0 aliphatic heterocycles. The highest BCUT2D eigenvalue weighted by Gasteiger charge is 2.12. The van der Waals surface area contributed by atoms with Crippen molar-refractivity contribution in [3.63, 3.8) is 0 Å². The van der Waals surface area contributed by atoms with Crippen molar-refractivity contribution in [3.8, 4) is 5.75 Å². The smallest absolute Gasteiger partial charge is 0.335 e. The lowest BCUT2D eigenvalue weighted by Gasteiger charge is -2.15. The summed E-state index contributed by atoms with van der Waals surface area (Å²) in [5.41, 5.74) is 0.826. The molecule has 0 aromatic heterocycles. The standard InChI is InChI=1S/C19H20FNO4/c1-13(25-16-7-4-6-15(20)11-16)12-21-18(22)10-9-14-5-2-3-8-17(14)19(23)24/h2-8,11,13H,9-10,12H2,1H3,(H,21,22)(H,23,24). The second-order valence-corrected chi connectivity index (χ2v) is 5.65. The van der Waals surface area contributed by atoms with Crippen molar-refractivity contribution in [3.05, 3.63) is 65.5 Å². The predicted molar refractivity (Wildman–Crippen MR) is 91.2 cm³/mol. The Morgan fingerprint density at radius 1 is 1.20 bits per heavy atom. The Morgan fingerprint density at radius 2 is 1.96 bits per heavy atom. The minimum absolute atomic E-state index is 0.178. The van der Waals surface area contributed by atoms with Crippen molar-refractivity contribution in [2.24, 2.45) is 0 Å². The molecule has 1 atom stereocenters. The second kappa shape index (κ2) is 8.82. The van der Waals surface area contributed by atoms with Crippen LogP contribution in [-0.2, 0) is 11.2 Å². The van der Waals surface area contributed by atoms with E-state index >= 15 is 0 Å². The van der Waals surface area contributed by atoms with Crippen LogP contribution in [0, 0.1) is 5.82 Å². The van der Waals surface area contributed by atoms with Crippen LogP contribution < -0.4 is 10.1 Å². The van der Waals surface area contributed by atoms with Crippen LogP contribution in [0.5, 0.6) is 5.75 Å². The van der Waals surface area contributed by atoms with Crippen molar-refractivity contribution >= 4 is 11.9 Å². The van der Waals surface area contributed by atoms with Crippen molar-refractivity contribution in [2.45, 2.75) is 25.9 Å². The molecule has 0 bridgehead atoms. The summed E-state index contributed by atoms with van der Waals surface area (Å²) in [4.78, 5) is 23.1. The number of amides is 1. The Kier molecular flexibility index (Phi) is 6.51. The van der Waals surface area contributed by atoms with E-state index in [9.17, 15) is 14.0 Å². The zero-order chi connectivity index (χ0) is 18.2. The van der Waals surface area contributed by atoms with Crippen LogP contribution in [0.25, 0.3) is 0 Å². The summed E-state index contributed by atoms with van der Waals surface area (Å²) in [7, 11) is 0. The molecule has 0 saturated carbocycles. The zero-order valence-electron chi connectivity index (χ0n) is 13.9. The van der Waals surface area contributed by atoms with Crippen LogP contribution in [0.15, 0.2) is 48.5 Å². The highest BCUT2D eigenvalue weighted by molar-refractivity contribution is 5.89. The number of halogens is 1. The molecule has 2 rings (SSSR count). The van der Waals surface area contributed by atoms with Gasteiger partial charge in [-0.25, -0.2) is 9.18 Å². The summed E-state index contributed by atoms with van der Waals surface area (Å²) < 4.78 is 18.6. The van der Waals surface area contributed by atoms with Gasteiger partial charge in [-0.3, -0.25) is 4.79 Å². The Labute approximate surface area is 145 Å². The third kappa shape index (κ3) is 5.91. The fourth-order valence-electron chi connectivity index (χ4n) is 2.36. The third-order valence-electron chi connectivity index (χ3n) is 3.59. The SMILES string of the molecule is CC(CNC(=O)CCc1ccccc1C(=O)O)Oc1cccc(F)c1. The van der Waals surface area contributed by atoms with Gasteiger partial charge < -0.3 is 15.2 Å². The summed E-state index contributed by atoms with van der Waals surface area (Å²) in [6.07, 6.45) is 0.196. The van der Waals surface area contributed by atoms with E-state index in [1.165, 1.54) is 18.2 Å². The molecule has 0 fully saturated rings. The fourth-order valence-corrected chi connectivity index (χ4v) is 2.36. The molecule has 2 N–H and O–H groups in total. The number of hydrogen-bond donors (Lipinski definition) is 2. The van der Waals surface area contributed by atoms with E-state index < -0.39 is 5.97 Å². The Morgan fingerprint density at radius 3 is 2.68 bits per heavy atom. The van der Waals surface area contributed by atoms with Gasteiger partial charge in [0.1, 0.15) is 17.7 Å². The lowest BCUT2D eigenvalue weighted by atomic mass is 10.0. The number of hydrogen-bond acceptors (Lipinski definition) is 3. The Balaban J connectivity index is 1.78. The third-order valence-corrected chi connectivity index (χ3v) is 3.59. The minimum Gasteiger partial charge on any atom is -0.489 e. The number of rotatable bonds is 8. The first-order valence-electron chi connectivity index (χ1n) is 7.96. The molecule has 2 aromatic rings. The molecule has 0 saturated heterocycles. The van der Waals surface area contributed by atoms with Crippen LogP contribution in [0.3, 0.4) is 0 Å². The summed E-state index contributed by atoms with van der Waals surface area (Å²) in [5, 5.41) is 11.9. The quantitative estimate of drug-likeness (QED) is 0.771. The van der Waals surface area contributed by atoms with Gasteiger partial charge in [-0.2, -0.15) is 0 Å². The molecule has 132 valence electrons. The van der Waals surface area contributed by atoms with E-state index in [2.05, 4.69) is 5.32 Å². The highest BCUT2D eigenvalue weighted by Crippen LogP contribution is 2.14. The molecule has 0 radical (unpaired) electrons. The van der Waals surface area contributed by atoms with E-state index in [1.807, 2.05) is 0 Å². The van der Waals surface area contributed by atoms with Gasteiger partial charge in [-0.1, -0.05) is 24.3 Å². The Hall–Kier alpha value is -2.89. The van der Waals surface area contributed by atoms with Crippen LogP contribution in [-0.4, -0.2) is 29.6 Å².